The minimum absolute atomic E-state index is 0.0736. The summed E-state index contributed by atoms with van der Waals surface area (Å²) in [7, 11) is 1.66. The van der Waals surface area contributed by atoms with Crippen molar-refractivity contribution in [3.05, 3.63) is 101 Å². The van der Waals surface area contributed by atoms with Crippen molar-refractivity contribution in [2.75, 3.05) is 7.11 Å². The smallest absolute Gasteiger partial charge is 0.258 e. The summed E-state index contributed by atoms with van der Waals surface area (Å²) in [5.41, 5.74) is 5.44. The van der Waals surface area contributed by atoms with Crippen molar-refractivity contribution in [1.82, 2.24) is 14.4 Å². The quantitative estimate of drug-likeness (QED) is 0.338. The minimum atomic E-state index is -0.0736. The molecule has 0 bridgehead atoms. The van der Waals surface area contributed by atoms with Crippen molar-refractivity contribution in [3.8, 4) is 16.9 Å². The van der Waals surface area contributed by atoms with E-state index in [1.54, 1.807) is 35.5 Å². The van der Waals surface area contributed by atoms with Crippen molar-refractivity contribution in [2.24, 2.45) is 0 Å². The van der Waals surface area contributed by atoms with Gasteiger partial charge in [-0.15, -0.1) is 0 Å². The molecule has 0 unspecified atom stereocenters. The summed E-state index contributed by atoms with van der Waals surface area (Å²) in [6.07, 6.45) is 1.75. The van der Waals surface area contributed by atoms with E-state index in [-0.39, 0.29) is 5.56 Å². The van der Waals surface area contributed by atoms with Crippen molar-refractivity contribution < 1.29 is 4.74 Å². The van der Waals surface area contributed by atoms with Crippen LogP contribution in [0.4, 0.5) is 0 Å². The lowest BCUT2D eigenvalue weighted by molar-refractivity contribution is 0.415. The second-order valence-electron chi connectivity index (χ2n) is 7.52. The third-order valence-electron chi connectivity index (χ3n) is 5.39. The lowest BCUT2D eigenvalue weighted by Crippen LogP contribution is -2.15. The topological polar surface area (TPSA) is 56.5 Å². The Kier molecular flexibility index (Phi) is 5.37. The Morgan fingerprint density at radius 2 is 1.81 bits per heavy atom. The van der Waals surface area contributed by atoms with E-state index in [2.05, 4.69) is 18.2 Å². The standard InChI is InChI=1S/C26H21N3O2S/c1-17-7-6-12-29-25(30)13-19(27-26(17)29)16-32-24-15-22(18-8-4-3-5-9-18)21-11-10-20(31-2)14-23(21)28-24/h3-15H,16H2,1-2H3. The molecular formula is C26H21N3O2S. The highest BCUT2D eigenvalue weighted by Gasteiger charge is 2.11. The molecule has 0 N–H and O–H groups in total. The molecule has 0 atom stereocenters. The van der Waals surface area contributed by atoms with Crippen molar-refractivity contribution in [1.29, 1.82) is 0 Å². The van der Waals surface area contributed by atoms with Crippen LogP contribution in [0.25, 0.3) is 27.7 Å². The molecule has 0 spiro atoms. The average molecular weight is 440 g/mol. The minimum Gasteiger partial charge on any atom is -0.497 e. The number of hydrogen-bond donors (Lipinski definition) is 0. The van der Waals surface area contributed by atoms with E-state index in [1.807, 2.05) is 55.5 Å². The summed E-state index contributed by atoms with van der Waals surface area (Å²) in [6, 6.07) is 23.8. The van der Waals surface area contributed by atoms with Gasteiger partial charge in [-0.2, -0.15) is 0 Å². The summed E-state index contributed by atoms with van der Waals surface area (Å²) in [4.78, 5) is 22.1. The number of benzene rings is 2. The van der Waals surface area contributed by atoms with Crippen molar-refractivity contribution in [3.63, 3.8) is 0 Å². The average Bonchev–Trinajstić information content (AvgIpc) is 2.83. The van der Waals surface area contributed by atoms with Crippen molar-refractivity contribution in [2.45, 2.75) is 17.7 Å². The van der Waals surface area contributed by atoms with Crippen LogP contribution < -0.4 is 10.3 Å². The van der Waals surface area contributed by atoms with Gasteiger partial charge in [0.25, 0.3) is 5.56 Å². The first-order valence-corrected chi connectivity index (χ1v) is 11.3. The van der Waals surface area contributed by atoms with Gasteiger partial charge in [-0.25, -0.2) is 9.97 Å². The molecular weight excluding hydrogens is 418 g/mol. The molecule has 32 heavy (non-hydrogen) atoms. The number of fused-ring (bicyclic) bond motifs is 2. The molecule has 0 amide bonds. The van der Waals surface area contributed by atoms with Gasteiger partial charge in [0.05, 0.1) is 23.3 Å². The molecule has 0 aliphatic carbocycles. The summed E-state index contributed by atoms with van der Waals surface area (Å²) in [5, 5.41) is 1.94. The van der Waals surface area contributed by atoms with Crippen LogP contribution in [-0.2, 0) is 5.75 Å². The van der Waals surface area contributed by atoms with E-state index in [9.17, 15) is 4.79 Å². The molecule has 0 radical (unpaired) electrons. The van der Waals surface area contributed by atoms with Crippen LogP contribution in [0.1, 0.15) is 11.3 Å². The van der Waals surface area contributed by atoms with E-state index in [4.69, 9.17) is 14.7 Å². The Hall–Kier alpha value is -3.64. The zero-order valence-electron chi connectivity index (χ0n) is 17.8. The first-order chi connectivity index (χ1) is 15.6. The van der Waals surface area contributed by atoms with E-state index in [0.29, 0.717) is 11.4 Å². The molecule has 5 rings (SSSR count). The van der Waals surface area contributed by atoms with Gasteiger partial charge in [0.2, 0.25) is 0 Å². The lowest BCUT2D eigenvalue weighted by Gasteiger charge is -2.11. The number of hydrogen-bond acceptors (Lipinski definition) is 5. The Morgan fingerprint density at radius 1 is 0.969 bits per heavy atom. The highest BCUT2D eigenvalue weighted by atomic mass is 32.2. The van der Waals surface area contributed by atoms with Gasteiger partial charge in [0.1, 0.15) is 11.4 Å². The van der Waals surface area contributed by atoms with Crippen LogP contribution in [0, 0.1) is 6.92 Å². The fraction of sp³-hybridized carbons (Fsp3) is 0.115. The Morgan fingerprint density at radius 3 is 2.62 bits per heavy atom. The third kappa shape index (κ3) is 3.85. The van der Waals surface area contributed by atoms with E-state index in [0.717, 1.165) is 44.1 Å². The molecule has 5 aromatic rings. The lowest BCUT2D eigenvalue weighted by atomic mass is 10.0. The largest absolute Gasteiger partial charge is 0.497 e. The van der Waals surface area contributed by atoms with Crippen LogP contribution in [0.5, 0.6) is 5.75 Å². The zero-order chi connectivity index (χ0) is 22.1. The number of nitrogens with zero attached hydrogens (tertiary/aromatic N) is 3. The molecule has 3 aromatic heterocycles. The molecule has 3 heterocycles. The maximum Gasteiger partial charge on any atom is 0.258 e. The highest BCUT2D eigenvalue weighted by Crippen LogP contribution is 2.34. The highest BCUT2D eigenvalue weighted by molar-refractivity contribution is 7.98. The van der Waals surface area contributed by atoms with Crippen LogP contribution >= 0.6 is 11.8 Å². The molecule has 6 heteroatoms. The van der Waals surface area contributed by atoms with Gasteiger partial charge in [-0.1, -0.05) is 48.2 Å². The SMILES string of the molecule is COc1ccc2c(-c3ccccc3)cc(SCc3cc(=O)n4cccc(C)c4n3)nc2c1. The number of ether oxygens (including phenoxy) is 1. The zero-order valence-corrected chi connectivity index (χ0v) is 18.6. The Bertz CT molecular complexity index is 1500. The third-order valence-corrected chi connectivity index (χ3v) is 6.33. The molecule has 2 aromatic carbocycles. The van der Waals surface area contributed by atoms with Crippen LogP contribution in [0.2, 0.25) is 0 Å². The van der Waals surface area contributed by atoms with Gasteiger partial charge >= 0.3 is 0 Å². The second kappa shape index (κ2) is 8.48. The first kappa shape index (κ1) is 20.3. The summed E-state index contributed by atoms with van der Waals surface area (Å²) >= 11 is 1.57. The fourth-order valence-corrected chi connectivity index (χ4v) is 4.58. The molecule has 0 saturated heterocycles. The second-order valence-corrected chi connectivity index (χ2v) is 8.51. The van der Waals surface area contributed by atoms with Gasteiger partial charge < -0.3 is 4.74 Å². The molecule has 0 fully saturated rings. The fourth-order valence-electron chi connectivity index (χ4n) is 3.77. The summed E-state index contributed by atoms with van der Waals surface area (Å²) in [6.45, 7) is 1.96. The predicted octanol–water partition coefficient (Wildman–Crippen LogP) is 5.52. The van der Waals surface area contributed by atoms with Crippen molar-refractivity contribution >= 4 is 28.3 Å². The first-order valence-electron chi connectivity index (χ1n) is 10.3. The van der Waals surface area contributed by atoms with Crippen LogP contribution in [-0.4, -0.2) is 21.5 Å². The Balaban J connectivity index is 1.55. The number of thioether (sulfide) groups is 1. The number of aryl methyl sites for hydroxylation is 1. The van der Waals surface area contributed by atoms with Crippen LogP contribution in [0.15, 0.2) is 88.8 Å². The number of rotatable bonds is 5. The maximum atomic E-state index is 12.5. The molecule has 0 aliphatic heterocycles. The van der Waals surface area contributed by atoms with E-state index >= 15 is 0 Å². The summed E-state index contributed by atoms with van der Waals surface area (Å²) in [5.74, 6) is 1.32. The van der Waals surface area contributed by atoms with Gasteiger partial charge in [0, 0.05) is 29.5 Å². The normalized spacial score (nSPS) is 11.2. The number of pyridine rings is 2. The predicted molar refractivity (Wildman–Crippen MR) is 129 cm³/mol. The molecule has 158 valence electrons. The summed E-state index contributed by atoms with van der Waals surface area (Å²) < 4.78 is 6.99. The number of aromatic nitrogens is 3. The van der Waals surface area contributed by atoms with E-state index < -0.39 is 0 Å². The maximum absolute atomic E-state index is 12.5. The number of methoxy groups -OCH3 is 1. The van der Waals surface area contributed by atoms with Crippen LogP contribution in [0.3, 0.4) is 0 Å². The van der Waals surface area contributed by atoms with Gasteiger partial charge in [-0.3, -0.25) is 9.20 Å². The van der Waals surface area contributed by atoms with Gasteiger partial charge in [-0.05, 0) is 47.9 Å². The van der Waals surface area contributed by atoms with E-state index in [1.165, 1.54) is 0 Å². The molecule has 5 nitrogen and oxygen atoms in total. The molecule has 0 aliphatic rings. The van der Waals surface area contributed by atoms with Gasteiger partial charge in [0.15, 0.2) is 0 Å². The monoisotopic (exact) mass is 439 g/mol. The molecule has 0 saturated carbocycles. The Labute approximate surface area is 189 Å².